The van der Waals surface area contributed by atoms with Crippen LogP contribution in [0, 0.1) is 5.41 Å². The van der Waals surface area contributed by atoms with E-state index in [4.69, 9.17) is 18.0 Å². The summed E-state index contributed by atoms with van der Waals surface area (Å²) in [5, 5.41) is 4.08. The van der Waals surface area contributed by atoms with Gasteiger partial charge in [0.2, 0.25) is 0 Å². The van der Waals surface area contributed by atoms with Crippen LogP contribution in [0.1, 0.15) is 25.6 Å². The second-order valence-corrected chi connectivity index (χ2v) is 5.44. The molecule has 0 radical (unpaired) electrons. The van der Waals surface area contributed by atoms with E-state index in [1.54, 1.807) is 6.33 Å². The minimum Gasteiger partial charge on any atom is -0.393 e. The van der Waals surface area contributed by atoms with E-state index in [1.165, 1.54) is 0 Å². The maximum absolute atomic E-state index is 5.79. The lowest BCUT2D eigenvalue weighted by atomic mass is 9.80. The average molecular weight is 253 g/mol. The van der Waals surface area contributed by atoms with E-state index >= 15 is 0 Å². The van der Waals surface area contributed by atoms with Crippen molar-refractivity contribution >= 4 is 17.2 Å². The molecule has 5 nitrogen and oxygen atoms in total. The number of thiocarbonyl (C=S) groups is 1. The number of nitrogens with two attached hydrogens (primary N) is 1. The zero-order valence-corrected chi connectivity index (χ0v) is 11.2. The van der Waals surface area contributed by atoms with Gasteiger partial charge in [-0.05, 0) is 25.9 Å². The van der Waals surface area contributed by atoms with Gasteiger partial charge in [0.05, 0.1) is 11.5 Å². The zero-order chi connectivity index (χ0) is 12.5. The van der Waals surface area contributed by atoms with Crippen LogP contribution in [0.15, 0.2) is 6.33 Å². The zero-order valence-electron chi connectivity index (χ0n) is 10.4. The predicted molar refractivity (Wildman–Crippen MR) is 70.4 cm³/mol. The molecular weight excluding hydrogens is 234 g/mol. The third-order valence-electron chi connectivity index (χ3n) is 3.72. The van der Waals surface area contributed by atoms with Crippen LogP contribution in [0.4, 0.5) is 0 Å². The predicted octanol–water partition coefficient (Wildman–Crippen LogP) is 0.703. The molecule has 0 amide bonds. The lowest BCUT2D eigenvalue weighted by Gasteiger charge is -2.38. The maximum atomic E-state index is 5.79. The van der Waals surface area contributed by atoms with Gasteiger partial charge >= 0.3 is 0 Å². The van der Waals surface area contributed by atoms with Gasteiger partial charge in [-0.2, -0.15) is 5.10 Å². The molecule has 1 aromatic heterocycles. The molecule has 0 aromatic carbocycles. The third kappa shape index (κ3) is 2.63. The van der Waals surface area contributed by atoms with Crippen LogP contribution in [0.5, 0.6) is 0 Å². The highest BCUT2D eigenvalue weighted by atomic mass is 32.1. The standard InChI is InChI=1S/C11H19N5S/c1-11(10(12)17)3-5-16(6-4-11)7-9-13-8-14-15(9)2/h8H,3-7H2,1-2H3,(H2,12,17). The molecule has 2 rings (SSSR count). The molecule has 1 saturated heterocycles. The number of nitrogens with zero attached hydrogens (tertiary/aromatic N) is 4. The molecule has 0 aliphatic carbocycles. The fraction of sp³-hybridized carbons (Fsp3) is 0.727. The highest BCUT2D eigenvalue weighted by molar-refractivity contribution is 7.80. The van der Waals surface area contributed by atoms with E-state index in [9.17, 15) is 0 Å². The Morgan fingerprint density at radius 2 is 2.18 bits per heavy atom. The normalized spacial score (nSPS) is 20.4. The van der Waals surface area contributed by atoms with Gasteiger partial charge in [-0.15, -0.1) is 0 Å². The summed E-state index contributed by atoms with van der Waals surface area (Å²) < 4.78 is 1.82. The number of hydrogen-bond acceptors (Lipinski definition) is 4. The van der Waals surface area contributed by atoms with Gasteiger partial charge in [-0.25, -0.2) is 4.98 Å². The quantitative estimate of drug-likeness (QED) is 0.804. The third-order valence-corrected chi connectivity index (χ3v) is 4.22. The van der Waals surface area contributed by atoms with E-state index in [0.717, 1.165) is 38.3 Å². The molecule has 1 aliphatic heterocycles. The fourth-order valence-corrected chi connectivity index (χ4v) is 2.32. The first-order chi connectivity index (χ1) is 8.01. The number of aryl methyl sites for hydroxylation is 1. The number of rotatable bonds is 3. The van der Waals surface area contributed by atoms with Crippen molar-refractivity contribution in [2.75, 3.05) is 13.1 Å². The van der Waals surface area contributed by atoms with Crippen molar-refractivity contribution in [2.24, 2.45) is 18.2 Å². The Morgan fingerprint density at radius 3 is 2.65 bits per heavy atom. The van der Waals surface area contributed by atoms with Crippen molar-refractivity contribution in [2.45, 2.75) is 26.3 Å². The largest absolute Gasteiger partial charge is 0.393 e. The van der Waals surface area contributed by atoms with Crippen LogP contribution in [-0.2, 0) is 13.6 Å². The summed E-state index contributed by atoms with van der Waals surface area (Å²) in [7, 11) is 1.92. The first kappa shape index (κ1) is 12.4. The smallest absolute Gasteiger partial charge is 0.140 e. The van der Waals surface area contributed by atoms with Gasteiger partial charge in [0, 0.05) is 12.5 Å². The Hall–Kier alpha value is -1.01. The lowest BCUT2D eigenvalue weighted by Crippen LogP contribution is -2.44. The highest BCUT2D eigenvalue weighted by Gasteiger charge is 2.32. The topological polar surface area (TPSA) is 60.0 Å². The molecule has 0 spiro atoms. The summed E-state index contributed by atoms with van der Waals surface area (Å²) in [5.41, 5.74) is 5.83. The monoisotopic (exact) mass is 253 g/mol. The summed E-state index contributed by atoms with van der Waals surface area (Å²) in [4.78, 5) is 7.27. The van der Waals surface area contributed by atoms with Crippen molar-refractivity contribution in [3.05, 3.63) is 12.2 Å². The lowest BCUT2D eigenvalue weighted by molar-refractivity contribution is 0.153. The molecule has 17 heavy (non-hydrogen) atoms. The van der Waals surface area contributed by atoms with E-state index in [1.807, 2.05) is 11.7 Å². The SMILES string of the molecule is Cn1ncnc1CN1CCC(C)(C(N)=S)CC1. The van der Waals surface area contributed by atoms with Gasteiger partial charge in [0.15, 0.2) is 0 Å². The second-order valence-electron chi connectivity index (χ2n) is 5.00. The number of likely N-dealkylation sites (tertiary alicyclic amines) is 1. The second kappa shape index (κ2) is 4.70. The first-order valence-corrected chi connectivity index (χ1v) is 6.27. The van der Waals surface area contributed by atoms with Crippen LogP contribution in [-0.4, -0.2) is 37.7 Å². The molecule has 1 aromatic rings. The molecule has 0 saturated carbocycles. The van der Waals surface area contributed by atoms with Crippen LogP contribution in [0.2, 0.25) is 0 Å². The van der Waals surface area contributed by atoms with Crippen molar-refractivity contribution in [1.82, 2.24) is 19.7 Å². The number of hydrogen-bond donors (Lipinski definition) is 1. The average Bonchev–Trinajstić information content (AvgIpc) is 2.68. The Kier molecular flexibility index (Phi) is 3.44. The molecule has 94 valence electrons. The molecule has 0 atom stereocenters. The summed E-state index contributed by atoms with van der Waals surface area (Å²) in [6, 6.07) is 0. The first-order valence-electron chi connectivity index (χ1n) is 5.86. The van der Waals surface area contributed by atoms with Crippen molar-refractivity contribution < 1.29 is 0 Å². The maximum Gasteiger partial charge on any atom is 0.140 e. The Labute approximate surface area is 107 Å². The minimum atomic E-state index is 0.0335. The Morgan fingerprint density at radius 1 is 1.53 bits per heavy atom. The van der Waals surface area contributed by atoms with Gasteiger partial charge in [0.1, 0.15) is 12.2 Å². The van der Waals surface area contributed by atoms with E-state index < -0.39 is 0 Å². The molecule has 6 heteroatoms. The van der Waals surface area contributed by atoms with Gasteiger partial charge in [0.25, 0.3) is 0 Å². The van der Waals surface area contributed by atoms with Gasteiger partial charge < -0.3 is 5.73 Å². The van der Waals surface area contributed by atoms with Crippen molar-refractivity contribution in [1.29, 1.82) is 0 Å². The summed E-state index contributed by atoms with van der Waals surface area (Å²) in [6.45, 7) is 5.04. The Bertz CT molecular complexity index is 406. The van der Waals surface area contributed by atoms with Gasteiger partial charge in [-0.1, -0.05) is 19.1 Å². The number of aromatic nitrogens is 3. The van der Waals surface area contributed by atoms with Crippen LogP contribution < -0.4 is 5.73 Å². The molecule has 1 fully saturated rings. The fourth-order valence-electron chi connectivity index (χ4n) is 2.11. The number of piperidine rings is 1. The summed E-state index contributed by atoms with van der Waals surface area (Å²) >= 11 is 5.14. The molecule has 1 aliphatic rings. The van der Waals surface area contributed by atoms with Crippen molar-refractivity contribution in [3.63, 3.8) is 0 Å². The molecule has 0 unspecified atom stereocenters. The summed E-state index contributed by atoms with van der Waals surface area (Å²) in [5.74, 6) is 1.00. The molecule has 2 heterocycles. The molecular formula is C11H19N5S. The van der Waals surface area contributed by atoms with Crippen molar-refractivity contribution in [3.8, 4) is 0 Å². The van der Waals surface area contributed by atoms with Crippen LogP contribution in [0.3, 0.4) is 0 Å². The van der Waals surface area contributed by atoms with Crippen LogP contribution in [0.25, 0.3) is 0 Å². The minimum absolute atomic E-state index is 0.0335. The molecule has 0 bridgehead atoms. The van der Waals surface area contributed by atoms with Gasteiger partial charge in [-0.3, -0.25) is 9.58 Å². The highest BCUT2D eigenvalue weighted by Crippen LogP contribution is 2.31. The van der Waals surface area contributed by atoms with E-state index in [2.05, 4.69) is 21.9 Å². The van der Waals surface area contributed by atoms with E-state index in [-0.39, 0.29) is 5.41 Å². The van der Waals surface area contributed by atoms with Crippen LogP contribution >= 0.6 is 12.2 Å². The Balaban J connectivity index is 1.92. The molecule has 2 N–H and O–H groups in total. The van der Waals surface area contributed by atoms with E-state index in [0.29, 0.717) is 4.99 Å². The summed E-state index contributed by atoms with van der Waals surface area (Å²) in [6.07, 6.45) is 3.65.